The van der Waals surface area contributed by atoms with E-state index in [1.165, 1.54) is 0 Å². The molecule has 106 valence electrons. The van der Waals surface area contributed by atoms with Gasteiger partial charge >= 0.3 is 5.97 Å². The summed E-state index contributed by atoms with van der Waals surface area (Å²) in [5.74, 6) is 0.0238. The molecule has 20 heavy (non-hydrogen) atoms. The molecule has 0 spiro atoms. The van der Waals surface area contributed by atoms with Crippen LogP contribution in [0.1, 0.15) is 32.5 Å². The minimum absolute atomic E-state index is 0.0840. The summed E-state index contributed by atoms with van der Waals surface area (Å²) in [5, 5.41) is 8.08. The summed E-state index contributed by atoms with van der Waals surface area (Å²) in [5.41, 5.74) is 0.933. The SMILES string of the molecule is CCOC(=O)C(c1nncn1-c1ccccc1)C(C)C. The molecular weight excluding hydrogens is 254 g/mol. The second-order valence-electron chi connectivity index (χ2n) is 4.87. The maximum absolute atomic E-state index is 12.2. The van der Waals surface area contributed by atoms with Crippen molar-refractivity contribution >= 4 is 5.97 Å². The molecule has 0 aliphatic rings. The lowest BCUT2D eigenvalue weighted by atomic mass is 9.95. The van der Waals surface area contributed by atoms with Crippen LogP contribution in [0.3, 0.4) is 0 Å². The van der Waals surface area contributed by atoms with Gasteiger partial charge in [0, 0.05) is 5.69 Å². The van der Waals surface area contributed by atoms with Crippen LogP contribution in [0.4, 0.5) is 0 Å². The number of carbonyl (C=O) groups excluding carboxylic acids is 1. The summed E-state index contributed by atoms with van der Waals surface area (Å²) < 4.78 is 6.99. The lowest BCUT2D eigenvalue weighted by molar-refractivity contribution is -0.146. The number of esters is 1. The van der Waals surface area contributed by atoms with Crippen molar-refractivity contribution in [2.24, 2.45) is 5.92 Å². The van der Waals surface area contributed by atoms with Crippen molar-refractivity contribution in [2.75, 3.05) is 6.61 Å². The predicted octanol–water partition coefficient (Wildman–Crippen LogP) is 2.57. The van der Waals surface area contributed by atoms with Gasteiger partial charge in [-0.3, -0.25) is 9.36 Å². The summed E-state index contributed by atoms with van der Waals surface area (Å²) in [7, 11) is 0. The largest absolute Gasteiger partial charge is 0.465 e. The molecule has 0 bridgehead atoms. The zero-order valence-electron chi connectivity index (χ0n) is 12.0. The van der Waals surface area contributed by atoms with Gasteiger partial charge in [0.25, 0.3) is 0 Å². The van der Waals surface area contributed by atoms with Crippen LogP contribution in [0, 0.1) is 5.92 Å². The number of benzene rings is 1. The third-order valence-corrected chi connectivity index (χ3v) is 3.09. The van der Waals surface area contributed by atoms with Gasteiger partial charge in [-0.05, 0) is 25.0 Å². The molecule has 5 nitrogen and oxygen atoms in total. The van der Waals surface area contributed by atoms with Crippen molar-refractivity contribution in [1.82, 2.24) is 14.8 Å². The Kier molecular flexibility index (Phi) is 4.50. The Balaban J connectivity index is 2.41. The number of carbonyl (C=O) groups is 1. The summed E-state index contributed by atoms with van der Waals surface area (Å²) in [6.45, 7) is 6.12. The van der Waals surface area contributed by atoms with Gasteiger partial charge in [0.1, 0.15) is 12.2 Å². The van der Waals surface area contributed by atoms with Crippen molar-refractivity contribution in [3.63, 3.8) is 0 Å². The highest BCUT2D eigenvalue weighted by molar-refractivity contribution is 5.77. The molecule has 2 aromatic rings. The minimum Gasteiger partial charge on any atom is -0.465 e. The monoisotopic (exact) mass is 273 g/mol. The number of para-hydroxylation sites is 1. The first-order valence-electron chi connectivity index (χ1n) is 6.77. The van der Waals surface area contributed by atoms with Gasteiger partial charge in [0.2, 0.25) is 0 Å². The fraction of sp³-hybridized carbons (Fsp3) is 0.400. The van der Waals surface area contributed by atoms with E-state index in [1.807, 2.05) is 48.7 Å². The Morgan fingerprint density at radius 2 is 2.00 bits per heavy atom. The highest BCUT2D eigenvalue weighted by atomic mass is 16.5. The average molecular weight is 273 g/mol. The van der Waals surface area contributed by atoms with E-state index in [4.69, 9.17) is 4.74 Å². The fourth-order valence-electron chi connectivity index (χ4n) is 2.15. The molecule has 0 radical (unpaired) electrons. The van der Waals surface area contributed by atoms with Crippen molar-refractivity contribution < 1.29 is 9.53 Å². The van der Waals surface area contributed by atoms with Crippen molar-refractivity contribution in [3.8, 4) is 5.69 Å². The van der Waals surface area contributed by atoms with Crippen LogP contribution in [0.25, 0.3) is 5.69 Å². The number of hydrogen-bond acceptors (Lipinski definition) is 4. The Morgan fingerprint density at radius 1 is 1.30 bits per heavy atom. The van der Waals surface area contributed by atoms with Crippen LogP contribution < -0.4 is 0 Å². The van der Waals surface area contributed by atoms with Gasteiger partial charge in [-0.25, -0.2) is 0 Å². The van der Waals surface area contributed by atoms with Gasteiger partial charge < -0.3 is 4.74 Å². The maximum atomic E-state index is 12.2. The van der Waals surface area contributed by atoms with Crippen LogP contribution in [-0.2, 0) is 9.53 Å². The summed E-state index contributed by atoms with van der Waals surface area (Å²) in [6, 6.07) is 9.73. The van der Waals surface area contributed by atoms with Crippen LogP contribution >= 0.6 is 0 Å². The quantitative estimate of drug-likeness (QED) is 0.786. The molecule has 2 rings (SSSR count). The van der Waals surface area contributed by atoms with Gasteiger partial charge in [-0.1, -0.05) is 32.0 Å². The highest BCUT2D eigenvalue weighted by Crippen LogP contribution is 2.26. The summed E-state index contributed by atoms with van der Waals surface area (Å²) >= 11 is 0. The molecule has 0 amide bonds. The second kappa shape index (κ2) is 6.32. The second-order valence-corrected chi connectivity index (χ2v) is 4.87. The van der Waals surface area contributed by atoms with Crippen molar-refractivity contribution in [3.05, 3.63) is 42.5 Å². The molecular formula is C15H19N3O2. The van der Waals surface area contributed by atoms with Gasteiger partial charge in [0.15, 0.2) is 5.82 Å². The van der Waals surface area contributed by atoms with E-state index in [0.29, 0.717) is 12.4 Å². The molecule has 0 saturated heterocycles. The van der Waals surface area contributed by atoms with E-state index in [0.717, 1.165) is 5.69 Å². The number of aromatic nitrogens is 3. The van der Waals surface area contributed by atoms with E-state index >= 15 is 0 Å². The molecule has 1 aromatic carbocycles. The third kappa shape index (κ3) is 2.87. The molecule has 0 N–H and O–H groups in total. The molecule has 1 atom stereocenters. The molecule has 0 aliphatic heterocycles. The first-order chi connectivity index (χ1) is 9.65. The highest BCUT2D eigenvalue weighted by Gasteiger charge is 2.30. The lowest BCUT2D eigenvalue weighted by Gasteiger charge is -2.19. The first kappa shape index (κ1) is 14.2. The van der Waals surface area contributed by atoms with Crippen LogP contribution in [-0.4, -0.2) is 27.3 Å². The Hall–Kier alpha value is -2.17. The minimum atomic E-state index is -0.419. The van der Waals surface area contributed by atoms with Gasteiger partial charge in [-0.2, -0.15) is 0 Å². The van der Waals surface area contributed by atoms with E-state index < -0.39 is 5.92 Å². The average Bonchev–Trinajstić information content (AvgIpc) is 2.89. The smallest absolute Gasteiger partial charge is 0.316 e. The number of nitrogens with zero attached hydrogens (tertiary/aromatic N) is 3. The van der Waals surface area contributed by atoms with Gasteiger partial charge in [-0.15, -0.1) is 10.2 Å². The Morgan fingerprint density at radius 3 is 2.60 bits per heavy atom. The number of ether oxygens (including phenoxy) is 1. The zero-order chi connectivity index (χ0) is 14.5. The topological polar surface area (TPSA) is 57.0 Å². The van der Waals surface area contributed by atoms with E-state index in [2.05, 4.69) is 10.2 Å². The van der Waals surface area contributed by atoms with Crippen molar-refractivity contribution in [2.45, 2.75) is 26.7 Å². The molecule has 1 heterocycles. The molecule has 5 heteroatoms. The maximum Gasteiger partial charge on any atom is 0.316 e. The van der Waals surface area contributed by atoms with Gasteiger partial charge in [0.05, 0.1) is 6.61 Å². The number of rotatable bonds is 5. The fourth-order valence-corrected chi connectivity index (χ4v) is 2.15. The van der Waals surface area contributed by atoms with E-state index in [-0.39, 0.29) is 11.9 Å². The summed E-state index contributed by atoms with van der Waals surface area (Å²) in [4.78, 5) is 12.2. The van der Waals surface area contributed by atoms with Crippen LogP contribution in [0.2, 0.25) is 0 Å². The van der Waals surface area contributed by atoms with E-state index in [9.17, 15) is 4.79 Å². The Bertz CT molecular complexity index is 564. The number of hydrogen-bond donors (Lipinski definition) is 0. The Labute approximate surface area is 118 Å². The third-order valence-electron chi connectivity index (χ3n) is 3.09. The predicted molar refractivity (Wildman–Crippen MR) is 75.6 cm³/mol. The van der Waals surface area contributed by atoms with E-state index in [1.54, 1.807) is 13.3 Å². The molecule has 0 saturated carbocycles. The molecule has 1 aromatic heterocycles. The molecule has 0 aliphatic carbocycles. The normalized spacial score (nSPS) is 12.4. The molecule has 0 fully saturated rings. The molecule has 1 unspecified atom stereocenters. The van der Waals surface area contributed by atoms with Crippen LogP contribution in [0.15, 0.2) is 36.7 Å². The summed E-state index contributed by atoms with van der Waals surface area (Å²) in [6.07, 6.45) is 1.62. The lowest BCUT2D eigenvalue weighted by Crippen LogP contribution is -2.24. The van der Waals surface area contributed by atoms with Crippen LogP contribution in [0.5, 0.6) is 0 Å². The standard InChI is InChI=1S/C15H19N3O2/c1-4-20-15(19)13(11(2)3)14-17-16-10-18(14)12-8-6-5-7-9-12/h5-11,13H,4H2,1-3H3. The first-order valence-corrected chi connectivity index (χ1v) is 6.77. The zero-order valence-corrected chi connectivity index (χ0v) is 12.0. The van der Waals surface area contributed by atoms with Crippen molar-refractivity contribution in [1.29, 1.82) is 0 Å².